The summed E-state index contributed by atoms with van der Waals surface area (Å²) in [5.74, 6) is 0.417. The van der Waals surface area contributed by atoms with Crippen molar-refractivity contribution in [3.8, 4) is 0 Å². The minimum absolute atomic E-state index is 0.168. The zero-order chi connectivity index (χ0) is 10.7. The van der Waals surface area contributed by atoms with Gasteiger partial charge < -0.3 is 5.32 Å². The van der Waals surface area contributed by atoms with E-state index in [1.54, 1.807) is 6.92 Å². The fraction of sp³-hybridized carbons (Fsp3) is 0.286. The van der Waals surface area contributed by atoms with Crippen LogP contribution in [0.2, 0.25) is 0 Å². The molecule has 2 aromatic rings. The Morgan fingerprint density at radius 2 is 2.07 bits per heavy atom. The van der Waals surface area contributed by atoms with Gasteiger partial charge in [0.1, 0.15) is 18.5 Å². The largest absolute Gasteiger partial charge is 0.340 e. The molecule has 2 rings (SSSR count). The van der Waals surface area contributed by atoms with E-state index in [4.69, 9.17) is 0 Å². The van der Waals surface area contributed by atoms with Crippen molar-refractivity contribution in [1.82, 2.24) is 35.7 Å². The third kappa shape index (κ3) is 1.98. The number of H-pyrrole nitrogens is 2. The zero-order valence-electron chi connectivity index (χ0n) is 7.93. The molecule has 0 bridgehead atoms. The molecule has 8 nitrogen and oxygen atoms in total. The summed E-state index contributed by atoms with van der Waals surface area (Å²) in [4.78, 5) is 19.2. The summed E-state index contributed by atoms with van der Waals surface area (Å²) in [6.45, 7) is 1.79. The molecule has 1 unspecified atom stereocenters. The van der Waals surface area contributed by atoms with Crippen molar-refractivity contribution in [2.45, 2.75) is 13.0 Å². The number of nitrogens with one attached hydrogen (secondary N) is 3. The van der Waals surface area contributed by atoms with Gasteiger partial charge in [-0.25, -0.2) is 9.97 Å². The van der Waals surface area contributed by atoms with Crippen molar-refractivity contribution < 1.29 is 4.79 Å². The van der Waals surface area contributed by atoms with Crippen LogP contribution in [0.15, 0.2) is 12.7 Å². The van der Waals surface area contributed by atoms with E-state index in [9.17, 15) is 4.79 Å². The molecule has 15 heavy (non-hydrogen) atoms. The third-order valence-corrected chi connectivity index (χ3v) is 1.82. The minimum atomic E-state index is -0.337. The number of hydrogen-bond donors (Lipinski definition) is 3. The Balaban J connectivity index is 2.01. The maximum Gasteiger partial charge on any atom is 0.289 e. The van der Waals surface area contributed by atoms with E-state index in [1.807, 2.05) is 0 Å². The molecule has 0 aliphatic rings. The molecule has 0 aliphatic heterocycles. The summed E-state index contributed by atoms with van der Waals surface area (Å²) >= 11 is 0. The number of aromatic nitrogens is 6. The Morgan fingerprint density at radius 3 is 2.67 bits per heavy atom. The van der Waals surface area contributed by atoms with Crippen LogP contribution in [0, 0.1) is 0 Å². The Morgan fingerprint density at radius 1 is 1.33 bits per heavy atom. The lowest BCUT2D eigenvalue weighted by Crippen LogP contribution is -2.28. The van der Waals surface area contributed by atoms with Gasteiger partial charge >= 0.3 is 0 Å². The van der Waals surface area contributed by atoms with Crippen LogP contribution >= 0.6 is 0 Å². The van der Waals surface area contributed by atoms with Crippen LogP contribution in [-0.2, 0) is 0 Å². The Labute approximate surface area is 84.5 Å². The summed E-state index contributed by atoms with van der Waals surface area (Å²) < 4.78 is 0. The fourth-order valence-corrected chi connectivity index (χ4v) is 1.07. The summed E-state index contributed by atoms with van der Waals surface area (Å²) in [7, 11) is 0. The number of carbonyl (C=O) groups is 1. The predicted octanol–water partition coefficient (Wildman–Crippen LogP) is -0.586. The Kier molecular flexibility index (Phi) is 2.40. The minimum Gasteiger partial charge on any atom is -0.340 e. The molecule has 1 atom stereocenters. The Hall–Kier alpha value is -2.25. The standard InChI is InChI=1S/C7H9N7O/c1-4(5-8-2-10-13-5)12-7(15)6-9-3-11-14-6/h2-4H,1H3,(H,12,15)(H,8,10,13)(H,9,11,14). The third-order valence-electron chi connectivity index (χ3n) is 1.82. The van der Waals surface area contributed by atoms with E-state index >= 15 is 0 Å². The molecule has 0 saturated heterocycles. The molecule has 0 radical (unpaired) electrons. The zero-order valence-corrected chi connectivity index (χ0v) is 7.93. The normalized spacial score (nSPS) is 12.3. The monoisotopic (exact) mass is 207 g/mol. The van der Waals surface area contributed by atoms with Gasteiger partial charge in [-0.1, -0.05) is 0 Å². The van der Waals surface area contributed by atoms with Crippen molar-refractivity contribution in [2.75, 3.05) is 0 Å². The molecule has 1 amide bonds. The highest BCUT2D eigenvalue weighted by molar-refractivity contribution is 5.90. The van der Waals surface area contributed by atoms with Gasteiger partial charge in [-0.05, 0) is 6.92 Å². The van der Waals surface area contributed by atoms with Crippen LogP contribution < -0.4 is 5.32 Å². The van der Waals surface area contributed by atoms with E-state index in [-0.39, 0.29) is 17.8 Å². The number of hydrogen-bond acceptors (Lipinski definition) is 5. The maximum atomic E-state index is 11.5. The van der Waals surface area contributed by atoms with E-state index < -0.39 is 0 Å². The van der Waals surface area contributed by atoms with Gasteiger partial charge in [0, 0.05) is 0 Å². The first-order valence-corrected chi connectivity index (χ1v) is 4.29. The van der Waals surface area contributed by atoms with Crippen LogP contribution in [0.25, 0.3) is 0 Å². The van der Waals surface area contributed by atoms with Crippen molar-refractivity contribution in [2.24, 2.45) is 0 Å². The van der Waals surface area contributed by atoms with Gasteiger partial charge in [0.2, 0.25) is 5.82 Å². The van der Waals surface area contributed by atoms with Gasteiger partial charge in [0.25, 0.3) is 5.91 Å². The second kappa shape index (κ2) is 3.86. The first kappa shape index (κ1) is 9.31. The molecule has 3 N–H and O–H groups in total. The molecular formula is C7H9N7O. The molecule has 0 aliphatic carbocycles. The fourth-order valence-electron chi connectivity index (χ4n) is 1.07. The maximum absolute atomic E-state index is 11.5. The highest BCUT2D eigenvalue weighted by Crippen LogP contribution is 2.04. The van der Waals surface area contributed by atoms with E-state index in [0.29, 0.717) is 5.82 Å². The number of aromatic amines is 2. The first-order chi connectivity index (χ1) is 7.27. The highest BCUT2D eigenvalue weighted by Gasteiger charge is 2.14. The van der Waals surface area contributed by atoms with E-state index in [1.165, 1.54) is 12.7 Å². The topological polar surface area (TPSA) is 112 Å². The summed E-state index contributed by atoms with van der Waals surface area (Å²) in [6.07, 6.45) is 2.65. The van der Waals surface area contributed by atoms with Gasteiger partial charge in [0.05, 0.1) is 6.04 Å². The van der Waals surface area contributed by atoms with Crippen LogP contribution in [0.5, 0.6) is 0 Å². The van der Waals surface area contributed by atoms with Crippen LogP contribution in [0.4, 0.5) is 0 Å². The van der Waals surface area contributed by atoms with Gasteiger partial charge in [-0.15, -0.1) is 0 Å². The SMILES string of the molecule is CC(NC(=O)c1ncn[nH]1)c1ncn[nH]1. The molecule has 8 heteroatoms. The Bertz CT molecular complexity index is 420. The molecule has 78 valence electrons. The van der Waals surface area contributed by atoms with E-state index in [2.05, 4.69) is 35.7 Å². The molecule has 2 aromatic heterocycles. The number of nitrogens with zero attached hydrogens (tertiary/aromatic N) is 4. The quantitative estimate of drug-likeness (QED) is 0.623. The van der Waals surface area contributed by atoms with Crippen LogP contribution in [0.3, 0.4) is 0 Å². The first-order valence-electron chi connectivity index (χ1n) is 4.29. The summed E-state index contributed by atoms with van der Waals surface area (Å²) in [5, 5.41) is 15.1. The number of carbonyl (C=O) groups excluding carboxylic acids is 1. The molecule has 2 heterocycles. The van der Waals surface area contributed by atoms with Gasteiger partial charge in [-0.3, -0.25) is 15.0 Å². The summed E-state index contributed by atoms with van der Waals surface area (Å²) in [6, 6.07) is -0.259. The lowest BCUT2D eigenvalue weighted by atomic mass is 10.3. The molecule has 0 fully saturated rings. The highest BCUT2D eigenvalue weighted by atomic mass is 16.2. The molecule has 0 aromatic carbocycles. The smallest absolute Gasteiger partial charge is 0.289 e. The lowest BCUT2D eigenvalue weighted by Gasteiger charge is -2.08. The average Bonchev–Trinajstić information content (AvgIpc) is 2.91. The van der Waals surface area contributed by atoms with Crippen molar-refractivity contribution in [1.29, 1.82) is 0 Å². The number of amides is 1. The predicted molar refractivity (Wildman–Crippen MR) is 48.6 cm³/mol. The van der Waals surface area contributed by atoms with Crippen molar-refractivity contribution >= 4 is 5.91 Å². The van der Waals surface area contributed by atoms with Crippen molar-refractivity contribution in [3.05, 3.63) is 24.3 Å². The number of rotatable bonds is 3. The second-order valence-corrected chi connectivity index (χ2v) is 2.90. The van der Waals surface area contributed by atoms with Gasteiger partial charge in [0.15, 0.2) is 0 Å². The van der Waals surface area contributed by atoms with Crippen LogP contribution in [-0.4, -0.2) is 36.3 Å². The second-order valence-electron chi connectivity index (χ2n) is 2.90. The molecule has 0 saturated carbocycles. The van der Waals surface area contributed by atoms with Crippen LogP contribution in [0.1, 0.15) is 29.4 Å². The van der Waals surface area contributed by atoms with Crippen molar-refractivity contribution in [3.63, 3.8) is 0 Å². The van der Waals surface area contributed by atoms with Gasteiger partial charge in [-0.2, -0.15) is 10.2 Å². The summed E-state index contributed by atoms with van der Waals surface area (Å²) in [5.41, 5.74) is 0. The van der Waals surface area contributed by atoms with E-state index in [0.717, 1.165) is 0 Å². The molecular weight excluding hydrogens is 198 g/mol. The lowest BCUT2D eigenvalue weighted by molar-refractivity contribution is 0.0928. The average molecular weight is 207 g/mol. The molecule has 0 spiro atoms.